The molecule has 0 saturated heterocycles. The van der Waals surface area contributed by atoms with Gasteiger partial charge in [0.1, 0.15) is 6.04 Å². The molecule has 5 heteroatoms. The number of rotatable bonds is 10. The van der Waals surface area contributed by atoms with Crippen LogP contribution in [0.3, 0.4) is 0 Å². The van der Waals surface area contributed by atoms with Gasteiger partial charge in [-0.15, -0.1) is 0 Å². The lowest BCUT2D eigenvalue weighted by molar-refractivity contribution is -0.120. The molecule has 0 fully saturated rings. The third-order valence-electron chi connectivity index (χ3n) is 4.35. The van der Waals surface area contributed by atoms with Gasteiger partial charge in [-0.05, 0) is 18.6 Å². The Labute approximate surface area is 149 Å². The molecule has 1 aromatic carbocycles. The fourth-order valence-corrected chi connectivity index (χ4v) is 2.85. The van der Waals surface area contributed by atoms with Gasteiger partial charge >= 0.3 is 0 Å². The summed E-state index contributed by atoms with van der Waals surface area (Å²) >= 11 is 0. The van der Waals surface area contributed by atoms with Crippen molar-refractivity contribution in [1.29, 1.82) is 0 Å². The van der Waals surface area contributed by atoms with Crippen LogP contribution in [-0.4, -0.2) is 22.8 Å². The van der Waals surface area contributed by atoms with Crippen molar-refractivity contribution in [3.8, 4) is 0 Å². The Morgan fingerprint density at radius 3 is 2.60 bits per heavy atom. The van der Waals surface area contributed by atoms with E-state index in [4.69, 9.17) is 5.73 Å². The van der Waals surface area contributed by atoms with Crippen LogP contribution in [0, 0.1) is 0 Å². The minimum absolute atomic E-state index is 0.312. The number of fused-ring (bicyclic) bond motifs is 1. The summed E-state index contributed by atoms with van der Waals surface area (Å²) in [4.78, 5) is 28.3. The fraction of sp³-hybridized carbons (Fsp3) is 0.450. The molecule has 2 rings (SSSR count). The number of aromatic nitrogens is 1. The van der Waals surface area contributed by atoms with Crippen molar-refractivity contribution >= 4 is 22.7 Å². The van der Waals surface area contributed by atoms with E-state index in [0.717, 1.165) is 30.2 Å². The topological polar surface area (TPSA) is 85.1 Å². The molecule has 0 radical (unpaired) electrons. The van der Waals surface area contributed by atoms with Crippen LogP contribution in [0.1, 0.15) is 62.2 Å². The van der Waals surface area contributed by atoms with E-state index in [2.05, 4.69) is 17.2 Å². The molecule has 1 heterocycles. The highest BCUT2D eigenvalue weighted by molar-refractivity contribution is 5.99. The summed E-state index contributed by atoms with van der Waals surface area (Å²) in [7, 11) is 0. The van der Waals surface area contributed by atoms with Gasteiger partial charge in [-0.2, -0.15) is 0 Å². The van der Waals surface area contributed by atoms with Crippen molar-refractivity contribution in [2.75, 3.05) is 0 Å². The Balaban J connectivity index is 1.91. The number of primary amides is 1. The first-order chi connectivity index (χ1) is 12.1. The van der Waals surface area contributed by atoms with Gasteiger partial charge in [0, 0.05) is 11.6 Å². The minimum atomic E-state index is -0.634. The molecule has 2 aromatic rings. The standard InChI is InChI=1S/C20H27N3O2/c1-2-3-4-5-6-7-12-18(19(21)24)23-20(25)16-13-15-10-8-9-11-17(15)22-14-16/h8-11,13-14,18H,2-7,12H2,1H3,(H2,21,24)(H,23,25)/t18-/m1/s1. The van der Waals surface area contributed by atoms with Gasteiger partial charge in [-0.25, -0.2) is 0 Å². The van der Waals surface area contributed by atoms with E-state index in [1.165, 1.54) is 25.5 Å². The fourth-order valence-electron chi connectivity index (χ4n) is 2.85. The average molecular weight is 341 g/mol. The number of hydrogen-bond donors (Lipinski definition) is 2. The summed E-state index contributed by atoms with van der Waals surface area (Å²) in [5, 5.41) is 3.64. The highest BCUT2D eigenvalue weighted by Gasteiger charge is 2.18. The van der Waals surface area contributed by atoms with Crippen molar-refractivity contribution in [2.45, 2.75) is 57.9 Å². The monoisotopic (exact) mass is 341 g/mol. The minimum Gasteiger partial charge on any atom is -0.368 e. The molecular formula is C20H27N3O2. The largest absolute Gasteiger partial charge is 0.368 e. The zero-order valence-electron chi connectivity index (χ0n) is 14.8. The Hall–Kier alpha value is -2.43. The van der Waals surface area contributed by atoms with Gasteiger partial charge in [0.25, 0.3) is 5.91 Å². The Morgan fingerprint density at radius 2 is 1.84 bits per heavy atom. The lowest BCUT2D eigenvalue weighted by Crippen LogP contribution is -2.44. The summed E-state index contributed by atoms with van der Waals surface area (Å²) in [6.07, 6.45) is 8.86. The number of unbranched alkanes of at least 4 members (excludes halogenated alkanes) is 5. The number of hydrogen-bond acceptors (Lipinski definition) is 3. The number of amides is 2. The highest BCUT2D eigenvalue weighted by Crippen LogP contribution is 2.13. The molecule has 0 aliphatic heterocycles. The number of para-hydroxylation sites is 1. The zero-order valence-corrected chi connectivity index (χ0v) is 14.8. The average Bonchev–Trinajstić information content (AvgIpc) is 2.62. The maximum Gasteiger partial charge on any atom is 0.253 e. The normalized spacial score (nSPS) is 12.0. The SMILES string of the molecule is CCCCCCCC[C@@H](NC(=O)c1cnc2ccccc2c1)C(N)=O. The molecular weight excluding hydrogens is 314 g/mol. The Kier molecular flexibility index (Phi) is 7.38. The van der Waals surface area contributed by atoms with Crippen LogP contribution in [-0.2, 0) is 4.79 Å². The van der Waals surface area contributed by atoms with E-state index < -0.39 is 11.9 Å². The maximum atomic E-state index is 12.4. The second-order valence-corrected chi connectivity index (χ2v) is 6.40. The molecule has 1 atom stereocenters. The van der Waals surface area contributed by atoms with Crippen molar-refractivity contribution in [3.63, 3.8) is 0 Å². The molecule has 2 amide bonds. The van der Waals surface area contributed by atoms with Crippen molar-refractivity contribution in [3.05, 3.63) is 42.1 Å². The molecule has 0 unspecified atom stereocenters. The smallest absolute Gasteiger partial charge is 0.253 e. The number of carbonyl (C=O) groups is 2. The van der Waals surface area contributed by atoms with E-state index in [0.29, 0.717) is 12.0 Å². The summed E-state index contributed by atoms with van der Waals surface area (Å²) < 4.78 is 0. The van der Waals surface area contributed by atoms with E-state index in [1.54, 1.807) is 6.07 Å². The van der Waals surface area contributed by atoms with Crippen LogP contribution in [0.25, 0.3) is 10.9 Å². The molecule has 1 aromatic heterocycles. The van der Waals surface area contributed by atoms with Gasteiger partial charge < -0.3 is 11.1 Å². The zero-order chi connectivity index (χ0) is 18.1. The molecule has 134 valence electrons. The predicted octanol–water partition coefficient (Wildman–Crippen LogP) is 3.57. The number of pyridine rings is 1. The first kappa shape index (κ1) is 18.9. The molecule has 0 bridgehead atoms. The van der Waals surface area contributed by atoms with E-state index in [1.807, 2.05) is 24.3 Å². The molecule has 0 aliphatic carbocycles. The summed E-state index contributed by atoms with van der Waals surface area (Å²) in [5.41, 5.74) is 6.72. The van der Waals surface area contributed by atoms with Crippen LogP contribution in [0.5, 0.6) is 0 Å². The summed E-state index contributed by atoms with van der Waals surface area (Å²) in [6, 6.07) is 8.74. The van der Waals surface area contributed by atoms with E-state index >= 15 is 0 Å². The predicted molar refractivity (Wildman–Crippen MR) is 100 cm³/mol. The van der Waals surface area contributed by atoms with E-state index in [9.17, 15) is 9.59 Å². The quantitative estimate of drug-likeness (QED) is 0.648. The van der Waals surface area contributed by atoms with Crippen molar-refractivity contribution in [2.24, 2.45) is 5.73 Å². The Bertz CT molecular complexity index is 715. The molecule has 25 heavy (non-hydrogen) atoms. The first-order valence-electron chi connectivity index (χ1n) is 9.06. The van der Waals surface area contributed by atoms with Crippen molar-refractivity contribution in [1.82, 2.24) is 10.3 Å². The van der Waals surface area contributed by atoms with Gasteiger partial charge in [-0.3, -0.25) is 14.6 Å². The van der Waals surface area contributed by atoms with Gasteiger partial charge in [0.05, 0.1) is 11.1 Å². The number of carbonyl (C=O) groups excluding carboxylic acids is 2. The maximum absolute atomic E-state index is 12.4. The third-order valence-corrected chi connectivity index (χ3v) is 4.35. The molecule has 3 N–H and O–H groups in total. The van der Waals surface area contributed by atoms with Gasteiger partial charge in [0.2, 0.25) is 5.91 Å². The first-order valence-corrected chi connectivity index (χ1v) is 9.06. The second-order valence-electron chi connectivity index (χ2n) is 6.40. The van der Waals surface area contributed by atoms with Crippen LogP contribution in [0.15, 0.2) is 36.5 Å². The van der Waals surface area contributed by atoms with Crippen LogP contribution < -0.4 is 11.1 Å². The number of nitrogens with two attached hydrogens (primary N) is 1. The summed E-state index contributed by atoms with van der Waals surface area (Å²) in [5.74, 6) is -0.802. The lowest BCUT2D eigenvalue weighted by Gasteiger charge is -2.15. The number of nitrogens with zero attached hydrogens (tertiary/aromatic N) is 1. The van der Waals surface area contributed by atoms with E-state index in [-0.39, 0.29) is 5.91 Å². The van der Waals surface area contributed by atoms with Gasteiger partial charge in [0.15, 0.2) is 0 Å². The molecule has 0 saturated carbocycles. The number of nitrogens with one attached hydrogen (secondary N) is 1. The third kappa shape index (κ3) is 5.85. The summed E-state index contributed by atoms with van der Waals surface area (Å²) in [6.45, 7) is 2.18. The van der Waals surface area contributed by atoms with Crippen molar-refractivity contribution < 1.29 is 9.59 Å². The van der Waals surface area contributed by atoms with Crippen LogP contribution >= 0.6 is 0 Å². The lowest BCUT2D eigenvalue weighted by atomic mass is 10.0. The molecule has 5 nitrogen and oxygen atoms in total. The Morgan fingerprint density at radius 1 is 1.12 bits per heavy atom. The van der Waals surface area contributed by atoms with Gasteiger partial charge in [-0.1, -0.05) is 63.6 Å². The van der Waals surface area contributed by atoms with Crippen LogP contribution in [0.2, 0.25) is 0 Å². The highest BCUT2D eigenvalue weighted by atomic mass is 16.2. The van der Waals surface area contributed by atoms with Crippen LogP contribution in [0.4, 0.5) is 0 Å². The molecule has 0 spiro atoms. The molecule has 0 aliphatic rings. The second kappa shape index (κ2) is 9.77. The number of benzene rings is 1.